The van der Waals surface area contributed by atoms with Crippen molar-refractivity contribution in [3.05, 3.63) is 52.7 Å². The summed E-state index contributed by atoms with van der Waals surface area (Å²) in [5.74, 6) is -0.0625. The van der Waals surface area contributed by atoms with E-state index in [0.717, 1.165) is 0 Å². The summed E-state index contributed by atoms with van der Waals surface area (Å²) in [6, 6.07) is 9.55. The number of nitro groups is 1. The highest BCUT2D eigenvalue weighted by Crippen LogP contribution is 2.30. The fraction of sp³-hybridized carbons (Fsp3) is 0.188. The van der Waals surface area contributed by atoms with E-state index in [-0.39, 0.29) is 17.3 Å². The molecule has 3 rings (SSSR count). The van der Waals surface area contributed by atoms with E-state index in [0.29, 0.717) is 16.5 Å². The summed E-state index contributed by atoms with van der Waals surface area (Å²) in [6.07, 6.45) is 1.82. The maximum Gasteiger partial charge on any atom is 0.273 e. The first-order chi connectivity index (χ1) is 12.5. The molecule has 0 saturated heterocycles. The van der Waals surface area contributed by atoms with Gasteiger partial charge in [-0.2, -0.15) is 0 Å². The van der Waals surface area contributed by atoms with Gasteiger partial charge in [-0.05, 0) is 25.1 Å². The summed E-state index contributed by atoms with van der Waals surface area (Å²) in [5, 5.41) is 21.8. The summed E-state index contributed by atoms with van der Waals surface area (Å²) in [7, 11) is 1.38. The number of thioether (sulfide) groups is 1. The van der Waals surface area contributed by atoms with Crippen molar-refractivity contribution in [1.82, 2.24) is 14.6 Å². The van der Waals surface area contributed by atoms with Gasteiger partial charge in [-0.15, -0.1) is 10.2 Å². The molecule has 3 aromatic rings. The van der Waals surface area contributed by atoms with E-state index < -0.39 is 10.2 Å². The lowest BCUT2D eigenvalue weighted by molar-refractivity contribution is -0.384. The molecule has 26 heavy (non-hydrogen) atoms. The minimum absolute atomic E-state index is 0.114. The third kappa shape index (κ3) is 3.59. The molecule has 1 amide bonds. The molecule has 0 bridgehead atoms. The first-order valence-electron chi connectivity index (χ1n) is 7.59. The van der Waals surface area contributed by atoms with Crippen LogP contribution < -0.4 is 10.1 Å². The molecule has 0 radical (unpaired) electrons. The molecule has 0 aliphatic rings. The molecule has 0 saturated carbocycles. The molecule has 0 fully saturated rings. The van der Waals surface area contributed by atoms with Crippen molar-refractivity contribution in [2.24, 2.45) is 0 Å². The zero-order chi connectivity index (χ0) is 18.7. The van der Waals surface area contributed by atoms with E-state index in [9.17, 15) is 14.9 Å². The van der Waals surface area contributed by atoms with E-state index in [1.165, 1.54) is 37.1 Å². The predicted octanol–water partition coefficient (Wildman–Crippen LogP) is 2.77. The predicted molar refractivity (Wildman–Crippen MR) is 96.6 cm³/mol. The van der Waals surface area contributed by atoms with Crippen LogP contribution in [0.5, 0.6) is 5.75 Å². The van der Waals surface area contributed by atoms with Crippen LogP contribution in [0.2, 0.25) is 0 Å². The molecule has 1 aromatic carbocycles. The van der Waals surface area contributed by atoms with Crippen LogP contribution in [0.4, 0.5) is 11.4 Å². The van der Waals surface area contributed by atoms with E-state index in [2.05, 4.69) is 15.5 Å². The zero-order valence-corrected chi connectivity index (χ0v) is 14.8. The van der Waals surface area contributed by atoms with Crippen molar-refractivity contribution in [3.63, 3.8) is 0 Å². The van der Waals surface area contributed by atoms with Crippen molar-refractivity contribution in [3.8, 4) is 5.75 Å². The van der Waals surface area contributed by atoms with Crippen LogP contribution in [0.15, 0.2) is 47.8 Å². The average molecular weight is 373 g/mol. The molecule has 1 atom stereocenters. The molecular weight excluding hydrogens is 358 g/mol. The van der Waals surface area contributed by atoms with Gasteiger partial charge in [0.1, 0.15) is 5.75 Å². The molecule has 10 heteroatoms. The fourth-order valence-electron chi connectivity index (χ4n) is 2.24. The molecule has 2 heterocycles. The molecule has 1 N–H and O–H groups in total. The Labute approximate surface area is 152 Å². The lowest BCUT2D eigenvalue weighted by Crippen LogP contribution is -2.23. The van der Waals surface area contributed by atoms with Gasteiger partial charge >= 0.3 is 0 Å². The second-order valence-electron chi connectivity index (χ2n) is 5.30. The topological polar surface area (TPSA) is 112 Å². The van der Waals surface area contributed by atoms with Gasteiger partial charge in [0.2, 0.25) is 5.91 Å². The monoisotopic (exact) mass is 373 g/mol. The first kappa shape index (κ1) is 17.7. The number of anilines is 1. The van der Waals surface area contributed by atoms with Gasteiger partial charge in [0, 0.05) is 12.3 Å². The number of amides is 1. The molecule has 0 unspecified atom stereocenters. The molecule has 9 nitrogen and oxygen atoms in total. The molecule has 134 valence electrons. The third-order valence-corrected chi connectivity index (χ3v) is 4.64. The summed E-state index contributed by atoms with van der Waals surface area (Å²) in [5.41, 5.74) is 0.943. The lowest BCUT2D eigenvalue weighted by atomic mass is 10.2. The number of nitrogens with zero attached hydrogens (tertiary/aromatic N) is 4. The number of benzene rings is 1. The minimum Gasteiger partial charge on any atom is -0.494 e. The number of pyridine rings is 1. The van der Waals surface area contributed by atoms with Gasteiger partial charge in [0.25, 0.3) is 5.69 Å². The quantitative estimate of drug-likeness (QED) is 0.402. The van der Waals surface area contributed by atoms with Crippen molar-refractivity contribution in [2.75, 3.05) is 12.4 Å². The second kappa shape index (κ2) is 7.40. The summed E-state index contributed by atoms with van der Waals surface area (Å²) < 4.78 is 6.92. The van der Waals surface area contributed by atoms with Crippen molar-refractivity contribution < 1.29 is 14.5 Å². The van der Waals surface area contributed by atoms with Crippen LogP contribution in [0, 0.1) is 10.1 Å². The van der Waals surface area contributed by atoms with Crippen LogP contribution in [-0.2, 0) is 4.79 Å². The van der Waals surface area contributed by atoms with E-state index in [4.69, 9.17) is 4.74 Å². The summed E-state index contributed by atoms with van der Waals surface area (Å²) in [4.78, 5) is 22.8. The number of hydrogen-bond donors (Lipinski definition) is 1. The third-order valence-electron chi connectivity index (χ3n) is 3.59. The molecule has 0 spiro atoms. The highest BCUT2D eigenvalue weighted by Gasteiger charge is 2.20. The Hall–Kier alpha value is -3.14. The van der Waals surface area contributed by atoms with Crippen molar-refractivity contribution >= 4 is 34.7 Å². The van der Waals surface area contributed by atoms with Gasteiger partial charge in [0.05, 0.1) is 29.0 Å². The number of fused-ring (bicyclic) bond motifs is 1. The number of methoxy groups -OCH3 is 1. The Balaban J connectivity index is 1.74. The smallest absolute Gasteiger partial charge is 0.273 e. The number of aromatic nitrogens is 3. The van der Waals surface area contributed by atoms with Crippen LogP contribution in [0.25, 0.3) is 5.65 Å². The van der Waals surface area contributed by atoms with Crippen molar-refractivity contribution in [1.29, 1.82) is 0 Å². The standard InChI is InChI=1S/C16H15N5O4S/c1-10(26-16-19-18-14-5-3-4-8-20(14)16)15(22)17-12-7-6-11(21(23)24)9-13(12)25-2/h3-10H,1-2H3,(H,17,22)/t10-/m0/s1. The van der Waals surface area contributed by atoms with Crippen LogP contribution in [0.3, 0.4) is 0 Å². The number of nitro benzene ring substituents is 1. The van der Waals surface area contributed by atoms with Gasteiger partial charge < -0.3 is 10.1 Å². The highest BCUT2D eigenvalue weighted by molar-refractivity contribution is 8.00. The van der Waals surface area contributed by atoms with Crippen LogP contribution in [-0.4, -0.2) is 37.8 Å². The maximum atomic E-state index is 12.5. The van der Waals surface area contributed by atoms with Gasteiger partial charge in [0.15, 0.2) is 10.8 Å². The van der Waals surface area contributed by atoms with Gasteiger partial charge in [-0.3, -0.25) is 19.3 Å². The average Bonchev–Trinajstić information content (AvgIpc) is 3.04. The van der Waals surface area contributed by atoms with Gasteiger partial charge in [-0.1, -0.05) is 17.8 Å². The van der Waals surface area contributed by atoms with E-state index in [1.807, 2.05) is 24.4 Å². The number of carbonyl (C=O) groups excluding carboxylic acids is 1. The van der Waals surface area contributed by atoms with E-state index in [1.54, 1.807) is 11.3 Å². The number of hydrogen-bond acceptors (Lipinski definition) is 7. The number of ether oxygens (including phenoxy) is 1. The second-order valence-corrected chi connectivity index (χ2v) is 6.61. The minimum atomic E-state index is -0.525. The normalized spacial score (nSPS) is 11.9. The Morgan fingerprint density at radius 3 is 2.88 bits per heavy atom. The van der Waals surface area contributed by atoms with Crippen molar-refractivity contribution in [2.45, 2.75) is 17.3 Å². The highest BCUT2D eigenvalue weighted by atomic mass is 32.2. The first-order valence-corrected chi connectivity index (χ1v) is 8.47. The van der Waals surface area contributed by atoms with Crippen LogP contribution >= 0.6 is 11.8 Å². The maximum absolute atomic E-state index is 12.5. The summed E-state index contributed by atoms with van der Waals surface area (Å²) in [6.45, 7) is 1.74. The molecule has 2 aromatic heterocycles. The lowest BCUT2D eigenvalue weighted by Gasteiger charge is -2.13. The molecule has 0 aliphatic heterocycles. The Morgan fingerprint density at radius 1 is 1.35 bits per heavy atom. The Kier molecular flexibility index (Phi) is 5.03. The van der Waals surface area contributed by atoms with E-state index >= 15 is 0 Å². The number of carbonyl (C=O) groups is 1. The number of rotatable bonds is 6. The Bertz CT molecular complexity index is 974. The summed E-state index contributed by atoms with van der Waals surface area (Å²) >= 11 is 1.26. The largest absolute Gasteiger partial charge is 0.494 e. The van der Waals surface area contributed by atoms with Gasteiger partial charge in [-0.25, -0.2) is 0 Å². The Morgan fingerprint density at radius 2 is 2.15 bits per heavy atom. The fourth-order valence-corrected chi connectivity index (χ4v) is 3.08. The molecular formula is C16H15N5O4S. The number of nitrogens with one attached hydrogen (secondary N) is 1. The SMILES string of the molecule is COc1cc([N+](=O)[O-])ccc1NC(=O)[C@H](C)Sc1nnc2ccccn12. The zero-order valence-electron chi connectivity index (χ0n) is 13.9. The molecule has 0 aliphatic carbocycles. The number of non-ortho nitro benzene ring substituents is 1. The van der Waals surface area contributed by atoms with Crippen LogP contribution in [0.1, 0.15) is 6.92 Å².